The van der Waals surface area contributed by atoms with Gasteiger partial charge in [-0.2, -0.15) is 5.26 Å². The number of carbonyl (C=O) groups excluding carboxylic acids is 5. The molecule has 3 aliphatic heterocycles. The molecule has 7 rings (SSSR count). The summed E-state index contributed by atoms with van der Waals surface area (Å²) in [6.07, 6.45) is 4.94. The number of ether oxygens (including phenoxy) is 2. The summed E-state index contributed by atoms with van der Waals surface area (Å²) in [5.74, 6) is -1.63. The molecule has 2 N–H and O–H groups in total. The third-order valence-electron chi connectivity index (χ3n) is 11.7. The fraction of sp³-hybridized carbons (Fsp3) is 0.452. The molecule has 56 heavy (non-hydrogen) atoms. The second-order valence-electron chi connectivity index (χ2n) is 16.4. The second-order valence-corrected chi connectivity index (χ2v) is 16.8. The Morgan fingerprint density at radius 3 is 2.27 bits per heavy atom. The summed E-state index contributed by atoms with van der Waals surface area (Å²) < 4.78 is 12.6. The van der Waals surface area contributed by atoms with Crippen molar-refractivity contribution in [2.24, 2.45) is 16.6 Å². The Morgan fingerprint density at radius 2 is 1.61 bits per heavy atom. The second kappa shape index (κ2) is 15.0. The van der Waals surface area contributed by atoms with Crippen LogP contribution < -0.4 is 15.2 Å². The normalized spacial score (nSPS) is 23.0. The number of benzene rings is 2. The summed E-state index contributed by atoms with van der Waals surface area (Å²) in [6.45, 7) is 10.1. The van der Waals surface area contributed by atoms with Gasteiger partial charge < -0.3 is 15.2 Å². The molecule has 3 fully saturated rings. The van der Waals surface area contributed by atoms with Crippen LogP contribution in [0.25, 0.3) is 0 Å². The number of nitriles is 1. The van der Waals surface area contributed by atoms with Crippen molar-refractivity contribution < 1.29 is 33.4 Å². The molecule has 1 unspecified atom stereocenters. The number of aryl methyl sites for hydroxylation is 1. The molecule has 1 aliphatic carbocycles. The zero-order valence-corrected chi connectivity index (χ0v) is 32.7. The van der Waals surface area contributed by atoms with Crippen molar-refractivity contribution in [1.29, 1.82) is 5.26 Å². The maximum atomic E-state index is 14.3. The molecule has 0 bridgehead atoms. The van der Waals surface area contributed by atoms with Crippen LogP contribution in [0.5, 0.6) is 11.5 Å². The number of pyridine rings is 1. The highest BCUT2D eigenvalue weighted by atomic mass is 35.5. The molecule has 4 heterocycles. The molecule has 13 nitrogen and oxygen atoms in total. The molecule has 1 aromatic heterocycles. The van der Waals surface area contributed by atoms with Gasteiger partial charge in [0.15, 0.2) is 0 Å². The Kier molecular flexibility index (Phi) is 10.4. The van der Waals surface area contributed by atoms with E-state index in [2.05, 4.69) is 9.88 Å². The van der Waals surface area contributed by atoms with Crippen LogP contribution in [0.1, 0.15) is 102 Å². The van der Waals surface area contributed by atoms with Crippen molar-refractivity contribution in [2.45, 2.75) is 90.5 Å². The van der Waals surface area contributed by atoms with E-state index >= 15 is 0 Å². The molecule has 2 aromatic carbocycles. The van der Waals surface area contributed by atoms with E-state index in [-0.39, 0.29) is 41.0 Å². The summed E-state index contributed by atoms with van der Waals surface area (Å²) in [5, 5.41) is 9.51. The standard InChI is InChI=1S/C42H45ClN6O7/c1-41(2)39(42(3,4)40(41)56-28-12-10-24(20-44)32(43)19-28)49-34(50)16-15-33(38(49)54)48-36(52)30-14-13-27(18-31(30)37(48)53)55-29-22-47(23-29)17-7-5-6-8-26-11-9-25(21-46-26)35(45)51/h9-14,18-19,21,29,33,39-40H,5-8,15-17,22-23H2,1-4H3,(H2,45,51). The minimum atomic E-state index is -1.13. The van der Waals surface area contributed by atoms with E-state index in [0.717, 1.165) is 55.9 Å². The van der Waals surface area contributed by atoms with E-state index < -0.39 is 52.6 Å². The maximum absolute atomic E-state index is 14.3. The lowest BCUT2D eigenvalue weighted by molar-refractivity contribution is -0.216. The largest absolute Gasteiger partial charge is 0.489 e. The first-order chi connectivity index (χ1) is 26.6. The summed E-state index contributed by atoms with van der Waals surface area (Å²) in [5.41, 5.74) is 5.90. The highest BCUT2D eigenvalue weighted by Gasteiger charge is 2.68. The molecule has 1 atom stereocenters. The summed E-state index contributed by atoms with van der Waals surface area (Å²) in [7, 11) is 0. The van der Waals surface area contributed by atoms with E-state index in [0.29, 0.717) is 22.6 Å². The number of nitrogens with two attached hydrogens (primary N) is 1. The van der Waals surface area contributed by atoms with Crippen molar-refractivity contribution in [3.8, 4) is 17.6 Å². The van der Waals surface area contributed by atoms with Crippen LogP contribution in [0.2, 0.25) is 5.02 Å². The Hall–Kier alpha value is -5.32. The van der Waals surface area contributed by atoms with Crippen LogP contribution in [0.4, 0.5) is 0 Å². The molecule has 3 aromatic rings. The van der Waals surface area contributed by atoms with Crippen LogP contribution in [0, 0.1) is 22.2 Å². The summed E-state index contributed by atoms with van der Waals surface area (Å²) in [4.78, 5) is 75.5. The number of halogens is 1. The number of nitrogens with zero attached hydrogens (tertiary/aromatic N) is 5. The van der Waals surface area contributed by atoms with Gasteiger partial charge in [0, 0.05) is 48.3 Å². The summed E-state index contributed by atoms with van der Waals surface area (Å²) >= 11 is 6.25. The average Bonchev–Trinajstić information content (AvgIpc) is 3.38. The Balaban J connectivity index is 0.934. The number of hydrogen-bond acceptors (Lipinski definition) is 10. The molecule has 4 aliphatic rings. The van der Waals surface area contributed by atoms with Crippen LogP contribution in [-0.2, 0) is 16.0 Å². The van der Waals surface area contributed by atoms with E-state index in [1.54, 1.807) is 42.5 Å². The number of carbonyl (C=O) groups is 5. The molecule has 2 saturated heterocycles. The lowest BCUT2D eigenvalue weighted by Crippen LogP contribution is -2.77. The molecular weight excluding hydrogens is 736 g/mol. The monoisotopic (exact) mass is 780 g/mol. The molecule has 1 saturated carbocycles. The number of amides is 5. The van der Waals surface area contributed by atoms with Crippen LogP contribution in [0.3, 0.4) is 0 Å². The number of aromatic nitrogens is 1. The SMILES string of the molecule is CC1(C)C(Oc2ccc(C#N)c(Cl)c2)C(C)(C)C1N1C(=O)CCC(N2C(=O)c3ccc(OC4CN(CCCCCc5ccc(C(N)=O)cn5)C4)cc3C2=O)C1=O. The van der Waals surface area contributed by atoms with Gasteiger partial charge in [0.25, 0.3) is 17.7 Å². The number of unbranched alkanes of at least 4 members (excludes halogenated alkanes) is 2. The number of primary amides is 1. The first-order valence-electron chi connectivity index (χ1n) is 19.0. The van der Waals surface area contributed by atoms with Gasteiger partial charge in [-0.25, -0.2) is 0 Å². The minimum absolute atomic E-state index is 0.000822. The fourth-order valence-corrected chi connectivity index (χ4v) is 9.49. The van der Waals surface area contributed by atoms with Gasteiger partial charge in [0.2, 0.25) is 11.8 Å². The van der Waals surface area contributed by atoms with E-state index in [1.807, 2.05) is 39.8 Å². The number of hydrogen-bond donors (Lipinski definition) is 1. The van der Waals surface area contributed by atoms with Gasteiger partial charge in [-0.1, -0.05) is 45.7 Å². The highest BCUT2D eigenvalue weighted by molar-refractivity contribution is 6.31. The fourth-order valence-electron chi connectivity index (χ4n) is 9.28. The topological polar surface area (TPSA) is 176 Å². The van der Waals surface area contributed by atoms with Crippen LogP contribution in [-0.4, -0.2) is 93.1 Å². The predicted octanol–water partition coefficient (Wildman–Crippen LogP) is 5.18. The van der Waals surface area contributed by atoms with Gasteiger partial charge in [0.1, 0.15) is 35.8 Å². The number of piperidine rings is 1. The van der Waals surface area contributed by atoms with Gasteiger partial charge in [0.05, 0.1) is 33.3 Å². The lowest BCUT2D eigenvalue weighted by atomic mass is 9.48. The number of imide groups is 2. The zero-order chi connectivity index (χ0) is 40.1. The quantitative estimate of drug-likeness (QED) is 0.180. The molecule has 0 spiro atoms. The van der Waals surface area contributed by atoms with Gasteiger partial charge in [-0.05, 0) is 74.7 Å². The molecule has 5 amide bonds. The van der Waals surface area contributed by atoms with Crippen LogP contribution in [0.15, 0.2) is 54.7 Å². The Labute approximate surface area is 330 Å². The number of fused-ring (bicyclic) bond motifs is 1. The van der Waals surface area contributed by atoms with Crippen molar-refractivity contribution in [2.75, 3.05) is 19.6 Å². The van der Waals surface area contributed by atoms with Gasteiger partial charge in [-0.15, -0.1) is 0 Å². The first kappa shape index (κ1) is 38.9. The third kappa shape index (κ3) is 7.01. The molecular formula is C42H45ClN6O7. The molecule has 0 radical (unpaired) electrons. The smallest absolute Gasteiger partial charge is 0.262 e. The van der Waals surface area contributed by atoms with Crippen molar-refractivity contribution >= 4 is 41.1 Å². The van der Waals surface area contributed by atoms with Gasteiger partial charge >= 0.3 is 0 Å². The van der Waals surface area contributed by atoms with Crippen molar-refractivity contribution in [1.82, 2.24) is 19.7 Å². The Morgan fingerprint density at radius 1 is 0.911 bits per heavy atom. The first-order valence-corrected chi connectivity index (χ1v) is 19.4. The van der Waals surface area contributed by atoms with Crippen LogP contribution >= 0.6 is 11.6 Å². The number of rotatable bonds is 13. The Bertz CT molecular complexity index is 2130. The molecule has 14 heteroatoms. The molecule has 292 valence electrons. The lowest BCUT2D eigenvalue weighted by Gasteiger charge is -2.65. The number of likely N-dealkylation sites (tertiary alicyclic amines) is 2. The third-order valence-corrected chi connectivity index (χ3v) is 12.0. The maximum Gasteiger partial charge on any atom is 0.262 e. The zero-order valence-electron chi connectivity index (χ0n) is 31.9. The average molecular weight is 781 g/mol. The highest BCUT2D eigenvalue weighted by Crippen LogP contribution is 2.58. The predicted molar refractivity (Wildman–Crippen MR) is 205 cm³/mol. The van der Waals surface area contributed by atoms with E-state index in [4.69, 9.17) is 26.8 Å². The van der Waals surface area contributed by atoms with Crippen molar-refractivity contribution in [3.63, 3.8) is 0 Å². The summed E-state index contributed by atoms with van der Waals surface area (Å²) in [6, 6.07) is 13.5. The van der Waals surface area contributed by atoms with E-state index in [1.165, 1.54) is 11.1 Å². The van der Waals surface area contributed by atoms with Gasteiger partial charge in [-0.3, -0.25) is 43.7 Å². The van der Waals surface area contributed by atoms with Crippen molar-refractivity contribution in [3.05, 3.63) is 87.7 Å². The van der Waals surface area contributed by atoms with E-state index in [9.17, 15) is 29.2 Å². The minimum Gasteiger partial charge on any atom is -0.489 e.